The molecule has 0 bridgehead atoms. The standard InChI is InChI=1S/C27H35NO10S/c1-7-12-39(33,34)38-18-9-10-19(22(14-18)36-6)24-20(27(4,30)16-26(2,3)25(24)29)15-37-23-13-17(28(31)32)8-11-21(23)35-5/h8-11,13-14,25,29-30H,7,12,15-16H2,1-6H3. The van der Waals surface area contributed by atoms with Gasteiger partial charge in [0.05, 0.1) is 42.7 Å². The normalized spacial score (nSPS) is 20.9. The summed E-state index contributed by atoms with van der Waals surface area (Å²) >= 11 is 0. The molecule has 0 heterocycles. The molecule has 2 aromatic carbocycles. The van der Waals surface area contributed by atoms with Crippen LogP contribution in [0.4, 0.5) is 5.69 Å². The van der Waals surface area contributed by atoms with Crippen molar-refractivity contribution >= 4 is 21.4 Å². The van der Waals surface area contributed by atoms with E-state index in [-0.39, 0.29) is 47.5 Å². The largest absolute Gasteiger partial charge is 0.496 e. The summed E-state index contributed by atoms with van der Waals surface area (Å²) in [7, 11) is -1.00. The quantitative estimate of drug-likeness (QED) is 0.231. The van der Waals surface area contributed by atoms with Gasteiger partial charge in [-0.15, -0.1) is 0 Å². The third-order valence-corrected chi connectivity index (χ3v) is 8.01. The minimum atomic E-state index is -3.80. The Bertz CT molecular complexity index is 1360. The molecule has 0 aromatic heterocycles. The van der Waals surface area contributed by atoms with Crippen molar-refractivity contribution in [1.29, 1.82) is 0 Å². The highest BCUT2D eigenvalue weighted by atomic mass is 32.2. The summed E-state index contributed by atoms with van der Waals surface area (Å²) in [5.74, 6) is 0.449. The molecule has 2 atom stereocenters. The van der Waals surface area contributed by atoms with Gasteiger partial charge in [0.2, 0.25) is 0 Å². The molecular weight excluding hydrogens is 530 g/mol. The van der Waals surface area contributed by atoms with Crippen LogP contribution in [-0.2, 0) is 10.1 Å². The highest BCUT2D eigenvalue weighted by Crippen LogP contribution is 2.50. The molecule has 0 fully saturated rings. The third kappa shape index (κ3) is 6.63. The van der Waals surface area contributed by atoms with Crippen LogP contribution in [-0.4, -0.2) is 61.8 Å². The average Bonchev–Trinajstić information content (AvgIpc) is 2.84. The molecule has 2 N–H and O–H groups in total. The van der Waals surface area contributed by atoms with Crippen LogP contribution in [0.25, 0.3) is 5.57 Å². The van der Waals surface area contributed by atoms with Crippen LogP contribution in [0, 0.1) is 15.5 Å². The molecule has 214 valence electrons. The van der Waals surface area contributed by atoms with Gasteiger partial charge in [-0.25, -0.2) is 0 Å². The maximum Gasteiger partial charge on any atom is 0.309 e. The Hall–Kier alpha value is -3.35. The molecule has 2 aromatic rings. The SMILES string of the molecule is CCCS(=O)(=O)Oc1ccc(C2=C(COc3cc([N+](=O)[O-])ccc3OC)C(C)(O)CC(C)(C)C2O)c(OC)c1. The van der Waals surface area contributed by atoms with Crippen molar-refractivity contribution in [2.45, 2.75) is 52.2 Å². The maximum atomic E-state index is 12.2. The highest BCUT2D eigenvalue weighted by molar-refractivity contribution is 7.87. The number of nitro groups is 1. The van der Waals surface area contributed by atoms with E-state index < -0.39 is 32.2 Å². The fourth-order valence-corrected chi connectivity index (χ4v) is 5.89. The van der Waals surface area contributed by atoms with Crippen LogP contribution < -0.4 is 18.4 Å². The molecule has 0 spiro atoms. The van der Waals surface area contributed by atoms with Crippen LogP contribution in [0.1, 0.15) is 46.1 Å². The molecule has 2 unspecified atom stereocenters. The first-order valence-electron chi connectivity index (χ1n) is 12.4. The minimum absolute atomic E-state index is 0.0418. The van der Waals surface area contributed by atoms with Crippen LogP contribution in [0.15, 0.2) is 42.0 Å². The van der Waals surface area contributed by atoms with Gasteiger partial charge >= 0.3 is 10.1 Å². The average molecular weight is 566 g/mol. The molecule has 12 heteroatoms. The number of nitro benzene ring substituents is 1. The topological polar surface area (TPSA) is 155 Å². The maximum absolute atomic E-state index is 12.2. The second-order valence-corrected chi connectivity index (χ2v) is 12.0. The number of methoxy groups -OCH3 is 2. The van der Waals surface area contributed by atoms with Crippen molar-refractivity contribution in [2.75, 3.05) is 26.6 Å². The van der Waals surface area contributed by atoms with Gasteiger partial charge in [0.1, 0.15) is 18.1 Å². The van der Waals surface area contributed by atoms with Crippen LogP contribution >= 0.6 is 0 Å². The van der Waals surface area contributed by atoms with Gasteiger partial charge in [0.15, 0.2) is 11.5 Å². The monoisotopic (exact) mass is 565 g/mol. The van der Waals surface area contributed by atoms with E-state index in [9.17, 15) is 28.7 Å². The van der Waals surface area contributed by atoms with Crippen molar-refractivity contribution in [1.82, 2.24) is 0 Å². The number of aliphatic hydroxyl groups is 2. The Kier molecular flexibility index (Phi) is 8.83. The van der Waals surface area contributed by atoms with Crippen molar-refractivity contribution in [2.24, 2.45) is 5.41 Å². The lowest BCUT2D eigenvalue weighted by Gasteiger charge is -2.46. The molecule has 0 saturated heterocycles. The fraction of sp³-hybridized carbons (Fsp3) is 0.481. The Balaban J connectivity index is 2.14. The third-order valence-electron chi connectivity index (χ3n) is 6.66. The number of ether oxygens (including phenoxy) is 3. The summed E-state index contributed by atoms with van der Waals surface area (Å²) in [5, 5.41) is 34.4. The smallest absolute Gasteiger partial charge is 0.309 e. The van der Waals surface area contributed by atoms with Gasteiger partial charge in [0.25, 0.3) is 5.69 Å². The number of hydrogen-bond donors (Lipinski definition) is 2. The van der Waals surface area contributed by atoms with Gasteiger partial charge in [-0.2, -0.15) is 8.42 Å². The van der Waals surface area contributed by atoms with Gasteiger partial charge < -0.3 is 28.6 Å². The number of rotatable bonds is 11. The summed E-state index contributed by atoms with van der Waals surface area (Å²) in [5.41, 5.74) is -1.35. The lowest BCUT2D eigenvalue weighted by atomic mass is 9.64. The summed E-state index contributed by atoms with van der Waals surface area (Å²) in [6, 6.07) is 8.33. The van der Waals surface area contributed by atoms with E-state index in [0.717, 1.165) is 0 Å². The first-order chi connectivity index (χ1) is 18.2. The van der Waals surface area contributed by atoms with Gasteiger partial charge in [-0.05, 0) is 49.0 Å². The van der Waals surface area contributed by atoms with E-state index in [1.165, 1.54) is 44.6 Å². The number of hydrogen-bond acceptors (Lipinski definition) is 10. The van der Waals surface area contributed by atoms with E-state index in [4.69, 9.17) is 18.4 Å². The van der Waals surface area contributed by atoms with Crippen molar-refractivity contribution < 1.29 is 41.9 Å². The molecule has 1 aliphatic carbocycles. The molecule has 0 saturated carbocycles. The molecule has 3 rings (SSSR count). The first-order valence-corrected chi connectivity index (χ1v) is 13.9. The van der Waals surface area contributed by atoms with Gasteiger partial charge in [-0.3, -0.25) is 10.1 Å². The van der Waals surface area contributed by atoms with E-state index in [1.807, 2.05) is 13.8 Å². The van der Waals surface area contributed by atoms with Crippen LogP contribution in [0.5, 0.6) is 23.0 Å². The predicted octanol–water partition coefficient (Wildman–Crippen LogP) is 4.11. The highest BCUT2D eigenvalue weighted by Gasteiger charge is 2.47. The fourth-order valence-electron chi connectivity index (χ4n) is 4.91. The van der Waals surface area contributed by atoms with Crippen molar-refractivity contribution in [3.8, 4) is 23.0 Å². The lowest BCUT2D eigenvalue weighted by molar-refractivity contribution is -0.385. The van der Waals surface area contributed by atoms with Crippen LogP contribution in [0.2, 0.25) is 0 Å². The van der Waals surface area contributed by atoms with E-state index in [1.54, 1.807) is 19.9 Å². The molecule has 39 heavy (non-hydrogen) atoms. The Labute approximate surface area is 228 Å². The lowest BCUT2D eigenvalue weighted by Crippen LogP contribution is -2.47. The summed E-state index contributed by atoms with van der Waals surface area (Å²) in [6.45, 7) is 6.72. The second-order valence-electron chi connectivity index (χ2n) is 10.3. The van der Waals surface area contributed by atoms with Crippen LogP contribution in [0.3, 0.4) is 0 Å². The molecule has 1 aliphatic rings. The Morgan fingerprint density at radius 3 is 2.31 bits per heavy atom. The number of nitrogens with zero attached hydrogens (tertiary/aromatic N) is 1. The van der Waals surface area contributed by atoms with E-state index in [2.05, 4.69) is 0 Å². The van der Waals surface area contributed by atoms with Crippen molar-refractivity contribution in [3.63, 3.8) is 0 Å². The Morgan fingerprint density at radius 1 is 1.05 bits per heavy atom. The number of benzene rings is 2. The molecular formula is C27H35NO10S. The zero-order valence-electron chi connectivity index (χ0n) is 22.9. The molecule has 0 amide bonds. The first kappa shape index (κ1) is 30.2. The zero-order chi connectivity index (χ0) is 29.2. The molecule has 11 nitrogen and oxygen atoms in total. The zero-order valence-corrected chi connectivity index (χ0v) is 23.7. The molecule has 0 radical (unpaired) electrons. The van der Waals surface area contributed by atoms with Crippen molar-refractivity contribution in [3.05, 3.63) is 57.6 Å². The van der Waals surface area contributed by atoms with Gasteiger partial charge in [0, 0.05) is 23.3 Å². The second kappa shape index (κ2) is 11.4. The van der Waals surface area contributed by atoms with E-state index in [0.29, 0.717) is 23.1 Å². The Morgan fingerprint density at radius 2 is 1.72 bits per heavy atom. The molecule has 0 aliphatic heterocycles. The predicted molar refractivity (Wildman–Crippen MR) is 145 cm³/mol. The van der Waals surface area contributed by atoms with E-state index >= 15 is 0 Å². The summed E-state index contributed by atoms with van der Waals surface area (Å²) in [6.07, 6.45) is -0.499. The van der Waals surface area contributed by atoms with Gasteiger partial charge in [-0.1, -0.05) is 20.8 Å². The summed E-state index contributed by atoms with van der Waals surface area (Å²) < 4.78 is 46.3. The number of non-ortho nitro benzene ring substituents is 1. The minimum Gasteiger partial charge on any atom is -0.496 e. The number of aliphatic hydroxyl groups excluding tert-OH is 1. The summed E-state index contributed by atoms with van der Waals surface area (Å²) in [4.78, 5) is 10.7.